The third-order valence-electron chi connectivity index (χ3n) is 4.40. The van der Waals surface area contributed by atoms with E-state index < -0.39 is 10.0 Å². The molecule has 2 N–H and O–H groups in total. The Kier molecular flexibility index (Phi) is 4.60. The van der Waals surface area contributed by atoms with Crippen LogP contribution in [-0.4, -0.2) is 50.8 Å². The van der Waals surface area contributed by atoms with Gasteiger partial charge < -0.3 is 10.6 Å². The van der Waals surface area contributed by atoms with E-state index in [1.54, 1.807) is 16.4 Å². The molecule has 5 nitrogen and oxygen atoms in total. The highest BCUT2D eigenvalue weighted by Gasteiger charge is 2.31. The van der Waals surface area contributed by atoms with Gasteiger partial charge in [0.1, 0.15) is 4.90 Å². The first kappa shape index (κ1) is 16.3. The average molecular weight is 311 g/mol. The number of nitrogens with two attached hydrogens (primary N) is 1. The second kappa shape index (κ2) is 5.94. The second-order valence-corrected chi connectivity index (χ2v) is 7.98. The number of nitrogen functional groups attached to an aromatic ring is 1. The lowest BCUT2D eigenvalue weighted by Crippen LogP contribution is -2.44. The minimum Gasteiger partial charge on any atom is -0.398 e. The van der Waals surface area contributed by atoms with Crippen LogP contribution in [0.1, 0.15) is 24.0 Å². The number of aryl methyl sites for hydroxylation is 2. The topological polar surface area (TPSA) is 66.6 Å². The standard InChI is InChI=1S/C15H25N3O2S/c1-11-9-14(16)15(10-12(11)2)21(19,20)18-7-5-13(6-8-18)17(3)4/h9-10,13H,5-8,16H2,1-4H3. The molecule has 6 heteroatoms. The van der Waals surface area contributed by atoms with Crippen molar-refractivity contribution in [3.63, 3.8) is 0 Å². The molecule has 1 fully saturated rings. The predicted molar refractivity (Wildman–Crippen MR) is 85.8 cm³/mol. The Bertz CT molecular complexity index is 618. The van der Waals surface area contributed by atoms with Crippen molar-refractivity contribution in [1.82, 2.24) is 9.21 Å². The molecule has 0 atom stereocenters. The van der Waals surface area contributed by atoms with Crippen molar-refractivity contribution in [2.24, 2.45) is 0 Å². The number of benzene rings is 1. The van der Waals surface area contributed by atoms with Crippen LogP contribution in [0, 0.1) is 13.8 Å². The molecule has 0 bridgehead atoms. The van der Waals surface area contributed by atoms with Gasteiger partial charge in [0.15, 0.2) is 0 Å². The number of anilines is 1. The fourth-order valence-electron chi connectivity index (χ4n) is 2.77. The summed E-state index contributed by atoms with van der Waals surface area (Å²) in [6.45, 7) is 4.95. The van der Waals surface area contributed by atoms with Crippen LogP contribution < -0.4 is 5.73 Å². The third-order valence-corrected chi connectivity index (χ3v) is 6.35. The largest absolute Gasteiger partial charge is 0.398 e. The summed E-state index contributed by atoms with van der Waals surface area (Å²) < 4.78 is 27.1. The Morgan fingerprint density at radius 3 is 2.19 bits per heavy atom. The highest BCUT2D eigenvalue weighted by molar-refractivity contribution is 7.89. The molecular formula is C15H25N3O2S. The molecule has 0 saturated carbocycles. The lowest BCUT2D eigenvalue weighted by molar-refractivity contribution is 0.196. The van der Waals surface area contributed by atoms with Crippen LogP contribution in [0.5, 0.6) is 0 Å². The van der Waals surface area contributed by atoms with Gasteiger partial charge in [0.2, 0.25) is 10.0 Å². The maximum absolute atomic E-state index is 12.8. The Hall–Kier alpha value is -1.11. The van der Waals surface area contributed by atoms with Crippen molar-refractivity contribution in [3.8, 4) is 0 Å². The van der Waals surface area contributed by atoms with E-state index in [2.05, 4.69) is 4.90 Å². The Balaban J connectivity index is 2.26. The minimum absolute atomic E-state index is 0.244. The van der Waals surface area contributed by atoms with E-state index in [1.807, 2.05) is 27.9 Å². The van der Waals surface area contributed by atoms with Crippen molar-refractivity contribution in [1.29, 1.82) is 0 Å². The van der Waals surface area contributed by atoms with E-state index in [1.165, 1.54) is 0 Å². The van der Waals surface area contributed by atoms with Crippen LogP contribution >= 0.6 is 0 Å². The molecule has 1 aromatic rings. The van der Waals surface area contributed by atoms with Gasteiger partial charge >= 0.3 is 0 Å². The molecule has 0 amide bonds. The highest BCUT2D eigenvalue weighted by atomic mass is 32.2. The van der Waals surface area contributed by atoms with E-state index in [-0.39, 0.29) is 4.90 Å². The van der Waals surface area contributed by atoms with Crippen molar-refractivity contribution < 1.29 is 8.42 Å². The van der Waals surface area contributed by atoms with Crippen LogP contribution in [0.15, 0.2) is 17.0 Å². The molecule has 0 spiro atoms. The van der Waals surface area contributed by atoms with Gasteiger partial charge in [-0.2, -0.15) is 4.31 Å². The zero-order valence-electron chi connectivity index (χ0n) is 13.3. The summed E-state index contributed by atoms with van der Waals surface area (Å²) in [4.78, 5) is 2.41. The van der Waals surface area contributed by atoms with Gasteiger partial charge in [-0.3, -0.25) is 0 Å². The summed E-state index contributed by atoms with van der Waals surface area (Å²) in [5.74, 6) is 0. The molecule has 1 aliphatic heterocycles. The first-order valence-electron chi connectivity index (χ1n) is 7.26. The van der Waals surface area contributed by atoms with Gasteiger partial charge in [-0.05, 0) is 64.0 Å². The molecule has 2 rings (SSSR count). The van der Waals surface area contributed by atoms with Gasteiger partial charge in [-0.25, -0.2) is 8.42 Å². The summed E-state index contributed by atoms with van der Waals surface area (Å²) in [5.41, 5.74) is 8.25. The van der Waals surface area contributed by atoms with E-state index in [0.717, 1.165) is 24.0 Å². The predicted octanol–water partition coefficient (Wildman–Crippen LogP) is 1.60. The lowest BCUT2D eigenvalue weighted by Gasteiger charge is -2.34. The normalized spacial score (nSPS) is 18.3. The smallest absolute Gasteiger partial charge is 0.245 e. The van der Waals surface area contributed by atoms with Crippen molar-refractivity contribution in [3.05, 3.63) is 23.3 Å². The summed E-state index contributed by atoms with van der Waals surface area (Å²) >= 11 is 0. The molecule has 1 heterocycles. The number of hydrogen-bond acceptors (Lipinski definition) is 4. The maximum atomic E-state index is 12.8. The lowest BCUT2D eigenvalue weighted by atomic mass is 10.1. The molecule has 0 unspecified atom stereocenters. The summed E-state index contributed by atoms with van der Waals surface area (Å²) in [5, 5.41) is 0. The molecule has 1 saturated heterocycles. The Morgan fingerprint density at radius 2 is 1.67 bits per heavy atom. The maximum Gasteiger partial charge on any atom is 0.245 e. The van der Waals surface area contributed by atoms with Crippen LogP contribution in [0.3, 0.4) is 0 Å². The molecule has 1 aromatic carbocycles. The van der Waals surface area contributed by atoms with Gasteiger partial charge in [0.25, 0.3) is 0 Å². The molecule has 21 heavy (non-hydrogen) atoms. The number of nitrogens with zero attached hydrogens (tertiary/aromatic N) is 2. The van der Waals surface area contributed by atoms with Gasteiger partial charge in [0, 0.05) is 19.1 Å². The second-order valence-electron chi connectivity index (χ2n) is 6.07. The first-order valence-corrected chi connectivity index (χ1v) is 8.71. The monoisotopic (exact) mass is 311 g/mol. The van der Waals surface area contributed by atoms with Crippen LogP contribution in [0.25, 0.3) is 0 Å². The summed E-state index contributed by atoms with van der Waals surface area (Å²) in [6, 6.07) is 3.89. The first-order chi connectivity index (χ1) is 9.73. The third kappa shape index (κ3) is 3.22. The number of piperidine rings is 1. The Morgan fingerprint density at radius 1 is 1.14 bits per heavy atom. The SMILES string of the molecule is Cc1cc(N)c(S(=O)(=O)N2CCC(N(C)C)CC2)cc1C. The summed E-state index contributed by atoms with van der Waals surface area (Å²) in [7, 11) is 0.584. The molecule has 0 radical (unpaired) electrons. The number of hydrogen-bond donors (Lipinski definition) is 1. The van der Waals surface area contributed by atoms with Crippen LogP contribution in [-0.2, 0) is 10.0 Å². The van der Waals surface area contributed by atoms with Crippen LogP contribution in [0.4, 0.5) is 5.69 Å². The van der Waals surface area contributed by atoms with E-state index >= 15 is 0 Å². The molecule has 0 aromatic heterocycles. The zero-order valence-corrected chi connectivity index (χ0v) is 14.1. The highest BCUT2D eigenvalue weighted by Crippen LogP contribution is 2.28. The van der Waals surface area contributed by atoms with Crippen molar-refractivity contribution >= 4 is 15.7 Å². The van der Waals surface area contributed by atoms with Gasteiger partial charge in [-0.15, -0.1) is 0 Å². The molecular weight excluding hydrogens is 286 g/mol. The van der Waals surface area contributed by atoms with Crippen molar-refractivity contribution in [2.45, 2.75) is 37.6 Å². The van der Waals surface area contributed by atoms with Gasteiger partial charge in [-0.1, -0.05) is 0 Å². The van der Waals surface area contributed by atoms with E-state index in [0.29, 0.717) is 24.8 Å². The van der Waals surface area contributed by atoms with Crippen molar-refractivity contribution in [2.75, 3.05) is 32.9 Å². The fourth-order valence-corrected chi connectivity index (χ4v) is 4.43. The average Bonchev–Trinajstić information content (AvgIpc) is 2.42. The number of rotatable bonds is 3. The zero-order chi connectivity index (χ0) is 15.8. The molecule has 0 aliphatic carbocycles. The molecule has 1 aliphatic rings. The molecule has 118 valence electrons. The quantitative estimate of drug-likeness (QED) is 0.861. The fraction of sp³-hybridized carbons (Fsp3) is 0.600. The van der Waals surface area contributed by atoms with Crippen LogP contribution in [0.2, 0.25) is 0 Å². The summed E-state index contributed by atoms with van der Waals surface area (Å²) in [6.07, 6.45) is 1.72. The van der Waals surface area contributed by atoms with Gasteiger partial charge in [0.05, 0.1) is 5.69 Å². The van der Waals surface area contributed by atoms with E-state index in [9.17, 15) is 8.42 Å². The minimum atomic E-state index is -3.49. The van der Waals surface area contributed by atoms with E-state index in [4.69, 9.17) is 5.73 Å². The Labute approximate surface area is 127 Å². The number of sulfonamides is 1.